The molecule has 1 spiro atoms. The van der Waals surface area contributed by atoms with Gasteiger partial charge in [0.1, 0.15) is 5.54 Å². The summed E-state index contributed by atoms with van der Waals surface area (Å²) in [7, 11) is 0. The van der Waals surface area contributed by atoms with Gasteiger partial charge in [-0.3, -0.25) is 9.59 Å². The van der Waals surface area contributed by atoms with Crippen LogP contribution in [0.25, 0.3) is 0 Å². The third-order valence-electron chi connectivity index (χ3n) is 4.20. The summed E-state index contributed by atoms with van der Waals surface area (Å²) < 4.78 is 1.04. The van der Waals surface area contributed by atoms with Gasteiger partial charge in [0.25, 0.3) is 5.91 Å². The average Bonchev–Trinajstić information content (AvgIpc) is 2.85. The molecule has 106 valence electrons. The molecule has 1 aliphatic heterocycles. The van der Waals surface area contributed by atoms with Crippen molar-refractivity contribution >= 4 is 40.1 Å². The molecule has 20 heavy (non-hydrogen) atoms. The van der Waals surface area contributed by atoms with Gasteiger partial charge in [0.15, 0.2) is 0 Å². The Morgan fingerprint density at radius 2 is 1.85 bits per heavy atom. The van der Waals surface area contributed by atoms with E-state index in [4.69, 9.17) is 0 Å². The molecule has 1 saturated carbocycles. The predicted molar refractivity (Wildman–Crippen MR) is 85.5 cm³/mol. The summed E-state index contributed by atoms with van der Waals surface area (Å²) in [6.45, 7) is 0.465. The molecule has 2 fully saturated rings. The van der Waals surface area contributed by atoms with Gasteiger partial charge in [-0.2, -0.15) is 0 Å². The molecular formula is C15H17IN2O2. The maximum atomic E-state index is 13.0. The Balaban J connectivity index is 2.00. The van der Waals surface area contributed by atoms with Crippen LogP contribution in [0, 0.1) is 3.57 Å². The van der Waals surface area contributed by atoms with Crippen LogP contribution in [0.3, 0.4) is 0 Å². The van der Waals surface area contributed by atoms with Crippen LogP contribution in [0.1, 0.15) is 32.1 Å². The van der Waals surface area contributed by atoms with E-state index < -0.39 is 5.54 Å². The Labute approximate surface area is 132 Å². The smallest absolute Gasteiger partial charge is 0.252 e. The van der Waals surface area contributed by atoms with E-state index in [1.54, 1.807) is 4.90 Å². The summed E-state index contributed by atoms with van der Waals surface area (Å²) in [6, 6.07) is 7.84. The number of hydrogen-bond donors (Lipinski definition) is 1. The molecular weight excluding hydrogens is 367 g/mol. The molecule has 1 N–H and O–H groups in total. The lowest BCUT2D eigenvalue weighted by molar-refractivity contribution is -0.129. The minimum Gasteiger partial charge on any atom is -0.342 e. The fourth-order valence-corrected chi connectivity index (χ4v) is 3.85. The van der Waals surface area contributed by atoms with Crippen LogP contribution in [0.2, 0.25) is 0 Å². The van der Waals surface area contributed by atoms with E-state index in [1.165, 1.54) is 0 Å². The highest BCUT2D eigenvalue weighted by atomic mass is 127. The molecule has 3 rings (SSSR count). The standard InChI is InChI=1S/C15H17IN2O2/c16-11-5-1-2-6-12(11)18-10-7-13(19)17-15(14(18)20)8-3-4-9-15/h1-2,5-6H,3-4,7-10H2,(H,17,19). The fraction of sp³-hybridized carbons (Fsp3) is 0.467. The first-order valence-electron chi connectivity index (χ1n) is 7.00. The summed E-state index contributed by atoms with van der Waals surface area (Å²) >= 11 is 2.24. The molecule has 1 aliphatic carbocycles. The van der Waals surface area contributed by atoms with Gasteiger partial charge in [0.2, 0.25) is 5.91 Å². The van der Waals surface area contributed by atoms with E-state index in [1.807, 2.05) is 24.3 Å². The Morgan fingerprint density at radius 1 is 1.15 bits per heavy atom. The van der Waals surface area contributed by atoms with Crippen LogP contribution in [0.15, 0.2) is 24.3 Å². The van der Waals surface area contributed by atoms with Gasteiger partial charge >= 0.3 is 0 Å². The van der Waals surface area contributed by atoms with Gasteiger partial charge < -0.3 is 10.2 Å². The summed E-state index contributed by atoms with van der Waals surface area (Å²) in [6.07, 6.45) is 3.91. The number of benzene rings is 1. The number of para-hydroxylation sites is 1. The van der Waals surface area contributed by atoms with E-state index in [0.717, 1.165) is 34.9 Å². The fourth-order valence-electron chi connectivity index (χ4n) is 3.17. The SMILES string of the molecule is O=C1CCN(c2ccccc2I)C(=O)C2(CCCC2)N1. The van der Waals surface area contributed by atoms with Crippen molar-refractivity contribution in [3.8, 4) is 0 Å². The van der Waals surface area contributed by atoms with Gasteiger partial charge in [-0.25, -0.2) is 0 Å². The highest BCUT2D eigenvalue weighted by Gasteiger charge is 2.46. The van der Waals surface area contributed by atoms with E-state index >= 15 is 0 Å². The quantitative estimate of drug-likeness (QED) is 0.757. The number of anilines is 1. The van der Waals surface area contributed by atoms with Crippen LogP contribution >= 0.6 is 22.6 Å². The molecule has 0 aromatic heterocycles. The molecule has 0 radical (unpaired) electrons. The topological polar surface area (TPSA) is 49.4 Å². The van der Waals surface area contributed by atoms with E-state index in [0.29, 0.717) is 13.0 Å². The molecule has 5 heteroatoms. The summed E-state index contributed by atoms with van der Waals surface area (Å²) in [4.78, 5) is 26.7. The lowest BCUT2D eigenvalue weighted by Gasteiger charge is -2.32. The van der Waals surface area contributed by atoms with Crippen molar-refractivity contribution in [1.82, 2.24) is 5.32 Å². The third kappa shape index (κ3) is 2.32. The van der Waals surface area contributed by atoms with Crippen LogP contribution < -0.4 is 10.2 Å². The first-order chi connectivity index (χ1) is 9.62. The van der Waals surface area contributed by atoms with Crippen molar-refractivity contribution in [2.45, 2.75) is 37.6 Å². The number of carbonyl (C=O) groups is 2. The summed E-state index contributed by atoms with van der Waals surface area (Å²) in [5.41, 5.74) is 0.257. The second-order valence-electron chi connectivity index (χ2n) is 5.50. The molecule has 1 saturated heterocycles. The van der Waals surface area contributed by atoms with Crippen LogP contribution in [0.5, 0.6) is 0 Å². The van der Waals surface area contributed by atoms with Crippen molar-refractivity contribution in [3.63, 3.8) is 0 Å². The van der Waals surface area contributed by atoms with Crippen LogP contribution in [-0.2, 0) is 9.59 Å². The minimum absolute atomic E-state index is 0.00584. The van der Waals surface area contributed by atoms with E-state index in [-0.39, 0.29) is 11.8 Å². The van der Waals surface area contributed by atoms with Gasteiger partial charge in [0.05, 0.1) is 5.69 Å². The van der Waals surface area contributed by atoms with Gasteiger partial charge in [-0.05, 0) is 47.6 Å². The number of halogens is 1. The Bertz CT molecular complexity index is 553. The first kappa shape index (κ1) is 13.9. The van der Waals surface area contributed by atoms with Crippen molar-refractivity contribution < 1.29 is 9.59 Å². The van der Waals surface area contributed by atoms with Gasteiger partial charge in [0, 0.05) is 16.5 Å². The highest BCUT2D eigenvalue weighted by molar-refractivity contribution is 14.1. The Morgan fingerprint density at radius 3 is 2.55 bits per heavy atom. The zero-order valence-corrected chi connectivity index (χ0v) is 13.4. The molecule has 1 heterocycles. The first-order valence-corrected chi connectivity index (χ1v) is 8.08. The lowest BCUT2D eigenvalue weighted by atomic mass is 9.95. The molecule has 4 nitrogen and oxygen atoms in total. The van der Waals surface area contributed by atoms with Crippen molar-refractivity contribution in [2.24, 2.45) is 0 Å². The Hall–Kier alpha value is -1.11. The second kappa shape index (κ2) is 5.35. The number of nitrogens with zero attached hydrogens (tertiary/aromatic N) is 1. The number of amides is 2. The van der Waals surface area contributed by atoms with Crippen molar-refractivity contribution in [1.29, 1.82) is 0 Å². The van der Waals surface area contributed by atoms with E-state index in [9.17, 15) is 9.59 Å². The predicted octanol–water partition coefficient (Wildman–Crippen LogP) is 2.46. The molecule has 0 atom stereocenters. The minimum atomic E-state index is -0.660. The van der Waals surface area contributed by atoms with Gasteiger partial charge in [-0.1, -0.05) is 25.0 Å². The maximum Gasteiger partial charge on any atom is 0.252 e. The summed E-state index contributed by atoms with van der Waals surface area (Å²) in [5, 5.41) is 2.99. The number of carbonyl (C=O) groups excluding carboxylic acids is 2. The zero-order chi connectivity index (χ0) is 14.2. The Kier molecular flexibility index (Phi) is 3.70. The van der Waals surface area contributed by atoms with Crippen molar-refractivity contribution in [3.05, 3.63) is 27.8 Å². The number of rotatable bonds is 1. The molecule has 0 bridgehead atoms. The van der Waals surface area contributed by atoms with E-state index in [2.05, 4.69) is 27.9 Å². The van der Waals surface area contributed by atoms with Crippen molar-refractivity contribution in [2.75, 3.05) is 11.4 Å². The molecule has 0 unspecified atom stereocenters. The molecule has 2 amide bonds. The second-order valence-corrected chi connectivity index (χ2v) is 6.66. The highest BCUT2D eigenvalue weighted by Crippen LogP contribution is 2.35. The maximum absolute atomic E-state index is 13.0. The average molecular weight is 384 g/mol. The largest absolute Gasteiger partial charge is 0.342 e. The van der Waals surface area contributed by atoms with Gasteiger partial charge in [-0.15, -0.1) is 0 Å². The zero-order valence-electron chi connectivity index (χ0n) is 11.2. The number of nitrogens with one attached hydrogen (secondary N) is 1. The molecule has 1 aromatic carbocycles. The number of hydrogen-bond acceptors (Lipinski definition) is 2. The molecule has 2 aliphatic rings. The normalized spacial score (nSPS) is 21.9. The van der Waals surface area contributed by atoms with Crippen LogP contribution in [0.4, 0.5) is 5.69 Å². The summed E-state index contributed by atoms with van der Waals surface area (Å²) in [5.74, 6) is 0.0543. The third-order valence-corrected chi connectivity index (χ3v) is 5.11. The van der Waals surface area contributed by atoms with Crippen LogP contribution in [-0.4, -0.2) is 23.9 Å². The lowest BCUT2D eigenvalue weighted by Crippen LogP contribution is -2.55. The molecule has 1 aromatic rings. The monoisotopic (exact) mass is 384 g/mol.